The van der Waals surface area contributed by atoms with Gasteiger partial charge in [0, 0.05) is 0 Å². The van der Waals surface area contributed by atoms with Crippen LogP contribution in [0.4, 0.5) is 0 Å². The summed E-state index contributed by atoms with van der Waals surface area (Å²) < 4.78 is 0. The van der Waals surface area contributed by atoms with Crippen LogP contribution in [0.15, 0.2) is 267 Å². The zero-order valence-electron chi connectivity index (χ0n) is 87.7. The van der Waals surface area contributed by atoms with Crippen LogP contribution in [-0.2, 0) is 66.6 Å². The predicted molar refractivity (Wildman–Crippen MR) is 596 cm³/mol. The van der Waals surface area contributed by atoms with E-state index in [1.807, 2.05) is 0 Å². The van der Waals surface area contributed by atoms with Crippen molar-refractivity contribution in [2.45, 2.75) is 336 Å². The Morgan fingerprint density at radius 1 is 0.163 bits per heavy atom. The third-order valence-corrected chi connectivity index (χ3v) is 29.1. The van der Waals surface area contributed by atoms with Gasteiger partial charge in [0.05, 0.1) is 0 Å². The third kappa shape index (κ3) is 25.3. The maximum atomic E-state index is 2.50. The first kappa shape index (κ1) is 102. The minimum absolute atomic E-state index is 0.0860. The van der Waals surface area contributed by atoms with Gasteiger partial charge in [0.15, 0.2) is 0 Å². The zero-order chi connectivity index (χ0) is 96.5. The summed E-state index contributed by atoms with van der Waals surface area (Å²) in [5, 5.41) is 0. The fraction of sp³-hybridized carbons (Fsp3) is 0.378. The molecule has 0 nitrogen and oxygen atoms in total. The molecule has 14 aromatic carbocycles. The molecule has 0 heteroatoms. The van der Waals surface area contributed by atoms with Gasteiger partial charge in [0.25, 0.3) is 0 Å². The topological polar surface area (TPSA) is 0 Å². The Labute approximate surface area is 819 Å². The lowest BCUT2D eigenvalue weighted by molar-refractivity contribution is 0.590. The second-order valence-corrected chi connectivity index (χ2v) is 43.7. The maximum Gasteiger partial charge on any atom is -0.0132 e. The van der Waals surface area contributed by atoms with Crippen LogP contribution in [0, 0.1) is 34.6 Å². The predicted octanol–water partition coefficient (Wildman–Crippen LogP) is 40.3. The van der Waals surface area contributed by atoms with Crippen LogP contribution >= 0.6 is 0 Å². The molecule has 702 valence electrons. The number of unbranched alkanes of at least 4 members (excludes halogenated alkanes) is 12. The van der Waals surface area contributed by atoms with Crippen LogP contribution in [0.2, 0.25) is 0 Å². The molecule has 0 saturated carbocycles. The monoisotopic (exact) mass is 1780 g/mol. The van der Waals surface area contributed by atoms with E-state index in [1.54, 1.807) is 0 Å². The van der Waals surface area contributed by atoms with Crippen LogP contribution < -0.4 is 0 Å². The van der Waals surface area contributed by atoms with Crippen molar-refractivity contribution in [3.8, 4) is 134 Å². The Bertz CT molecular complexity index is 5550. The summed E-state index contributed by atoms with van der Waals surface area (Å²) in [6, 6.07) is 105. The minimum Gasteiger partial charge on any atom is -0.0654 e. The zero-order valence-corrected chi connectivity index (χ0v) is 87.7. The van der Waals surface area contributed by atoms with Crippen molar-refractivity contribution >= 4 is 0 Å². The van der Waals surface area contributed by atoms with E-state index in [4.69, 9.17) is 0 Å². The Hall–Kier alpha value is -10.9. The highest BCUT2D eigenvalue weighted by Gasteiger charge is 2.27. The van der Waals surface area contributed by atoms with Gasteiger partial charge in [0.1, 0.15) is 0 Å². The summed E-state index contributed by atoms with van der Waals surface area (Å²) in [7, 11) is 0. The molecule has 0 aliphatic carbocycles. The van der Waals surface area contributed by atoms with Gasteiger partial charge >= 0.3 is 0 Å². The van der Waals surface area contributed by atoms with E-state index >= 15 is 0 Å². The average Bonchev–Trinajstić information content (AvgIpc) is 0.752. The largest absolute Gasteiger partial charge is 0.0654 e. The van der Waals surface area contributed by atoms with Crippen molar-refractivity contribution in [2.75, 3.05) is 0 Å². The standard InChI is InChI=1S/C70H86.C65H76/c1-9-13-17-21-25-55-29-37-59(38-30-55)67-47-63(48-68(53(67)7)60-39-31-56(32-40-60)26-22-18-14-10-2)65-45-51(5)46-66(52(65)6)64-49-69(61-41-33-57(34-42-61)27-23-19-15-11-3)54(8)70(50-64)62-43-35-58(36-44-62)28-24-20-16-12-4;1-17-53-56(47-38-58(43-20-28-49(29-21-43)62(5,6)7)54(18-2)59(39-47)44-22-30-50(31-23-44)63(8,9)10)36-42(4)37-57(53)48-40-60(45-24-32-51(33-25-45)64(11,12)13)55(19-3)61(41-48)46-26-34-52(35-27-46)65(14,15)16/h29-50H,9-28H2,1-8H3;20-41H,17-19H2,1-16H3. The molecule has 0 N–H and O–H groups in total. The van der Waals surface area contributed by atoms with Crippen molar-refractivity contribution < 1.29 is 0 Å². The smallest absolute Gasteiger partial charge is 0.0132 e. The molecule has 0 atom stereocenters. The first-order valence-corrected chi connectivity index (χ1v) is 52.4. The first-order valence-electron chi connectivity index (χ1n) is 52.4. The molecule has 14 aromatic rings. The summed E-state index contributed by atoms with van der Waals surface area (Å²) in [5.41, 5.74) is 53.4. The lowest BCUT2D eigenvalue weighted by Crippen LogP contribution is -2.10. The number of aryl methyl sites for hydroxylation is 6. The summed E-state index contributed by atoms with van der Waals surface area (Å²) in [6.45, 7) is 55.4. The van der Waals surface area contributed by atoms with Crippen molar-refractivity contribution in [1.29, 1.82) is 0 Å². The van der Waals surface area contributed by atoms with Gasteiger partial charge in [-0.2, -0.15) is 0 Å². The SMILES string of the molecule is CCCCCCc1ccc(-c2cc(-c3cc(C)cc(-c4cc(-c5ccc(CCCCCC)cc5)c(C)c(-c5ccc(CCCCCC)cc5)c4)c3C)cc(-c3ccc(CCCCCC)cc3)c2C)cc1.CCc1c(-c2cc(-c3ccc(C(C)(C)C)cc3)c(CC)c(-c3ccc(C(C)(C)C)cc3)c2)cc(C)cc1-c1cc(-c2ccc(C(C)(C)C)cc2)c(CC)c(-c2ccc(C(C)(C)C)cc2)c1. The quantitative estimate of drug-likeness (QED) is 0.0347. The second-order valence-electron chi connectivity index (χ2n) is 43.7. The maximum absolute atomic E-state index is 2.50. The Morgan fingerprint density at radius 2 is 0.319 bits per heavy atom. The molecule has 0 aliphatic heterocycles. The normalized spacial score (nSPS) is 11.9. The van der Waals surface area contributed by atoms with Gasteiger partial charge in [-0.15, -0.1) is 0 Å². The van der Waals surface area contributed by atoms with Gasteiger partial charge in [-0.05, 0) is 398 Å². The molecule has 14 rings (SSSR count). The summed E-state index contributed by atoms with van der Waals surface area (Å²) in [6.07, 6.45) is 28.0. The molecular formula is C135H162. The Balaban J connectivity index is 0.000000229. The molecular weight excluding hydrogens is 1620 g/mol. The van der Waals surface area contributed by atoms with E-state index < -0.39 is 0 Å². The molecule has 0 aromatic heterocycles. The highest BCUT2D eigenvalue weighted by molar-refractivity contribution is 5.94. The van der Waals surface area contributed by atoms with E-state index in [-0.39, 0.29) is 21.7 Å². The minimum atomic E-state index is 0.0860. The van der Waals surface area contributed by atoms with E-state index in [9.17, 15) is 0 Å². The number of rotatable bonds is 35. The first-order chi connectivity index (χ1) is 64.7. The van der Waals surface area contributed by atoms with Gasteiger partial charge < -0.3 is 0 Å². The number of hydrogen-bond acceptors (Lipinski definition) is 0. The van der Waals surface area contributed by atoms with Gasteiger partial charge in [-0.1, -0.05) is 427 Å². The third-order valence-electron chi connectivity index (χ3n) is 29.1. The highest BCUT2D eigenvalue weighted by atomic mass is 14.3. The molecule has 135 heavy (non-hydrogen) atoms. The molecule has 0 saturated heterocycles. The van der Waals surface area contributed by atoms with Crippen molar-refractivity contribution in [3.63, 3.8) is 0 Å². The lowest BCUT2D eigenvalue weighted by atomic mass is 9.80. The Morgan fingerprint density at radius 3 is 0.504 bits per heavy atom. The van der Waals surface area contributed by atoms with Crippen molar-refractivity contribution in [3.05, 3.63) is 356 Å². The van der Waals surface area contributed by atoms with Crippen LogP contribution in [0.5, 0.6) is 0 Å². The Kier molecular flexibility index (Phi) is 34.5. The number of hydrogen-bond donors (Lipinski definition) is 0. The van der Waals surface area contributed by atoms with E-state index in [0.717, 1.165) is 44.9 Å². The van der Waals surface area contributed by atoms with Crippen LogP contribution in [0.1, 0.15) is 323 Å². The second kappa shape index (κ2) is 45.8. The molecule has 0 bridgehead atoms. The number of benzene rings is 14. The fourth-order valence-corrected chi connectivity index (χ4v) is 20.6. The van der Waals surface area contributed by atoms with E-state index in [2.05, 4.69) is 433 Å². The van der Waals surface area contributed by atoms with Crippen LogP contribution in [0.25, 0.3) is 134 Å². The average molecular weight is 1780 g/mol. The lowest BCUT2D eigenvalue weighted by Gasteiger charge is -2.24. The van der Waals surface area contributed by atoms with Crippen LogP contribution in [0.3, 0.4) is 0 Å². The molecule has 0 radical (unpaired) electrons. The van der Waals surface area contributed by atoms with E-state index in [1.165, 1.54) is 325 Å². The fourth-order valence-electron chi connectivity index (χ4n) is 20.6. The van der Waals surface area contributed by atoms with Gasteiger partial charge in [-0.3, -0.25) is 0 Å². The molecule has 0 spiro atoms. The molecule has 0 amide bonds. The highest BCUT2D eigenvalue weighted by Crippen LogP contribution is 2.49. The van der Waals surface area contributed by atoms with Crippen LogP contribution in [-0.4, -0.2) is 0 Å². The van der Waals surface area contributed by atoms with Gasteiger partial charge in [-0.25, -0.2) is 0 Å². The van der Waals surface area contributed by atoms with Crippen molar-refractivity contribution in [1.82, 2.24) is 0 Å². The molecule has 0 heterocycles. The van der Waals surface area contributed by atoms with Crippen molar-refractivity contribution in [2.24, 2.45) is 0 Å². The molecule has 0 unspecified atom stereocenters. The summed E-state index contributed by atoms with van der Waals surface area (Å²) in [5.74, 6) is 0. The van der Waals surface area contributed by atoms with E-state index in [0.29, 0.717) is 0 Å². The molecule has 0 fully saturated rings. The molecule has 0 aliphatic rings. The van der Waals surface area contributed by atoms with Gasteiger partial charge in [0.2, 0.25) is 0 Å². The summed E-state index contributed by atoms with van der Waals surface area (Å²) in [4.78, 5) is 0. The summed E-state index contributed by atoms with van der Waals surface area (Å²) >= 11 is 0.